The molecule has 1 aromatic carbocycles. The van der Waals surface area contributed by atoms with E-state index in [1.807, 2.05) is 0 Å². The van der Waals surface area contributed by atoms with Gasteiger partial charge in [-0.1, -0.05) is 3.89 Å². The number of rotatable bonds is 5. The van der Waals surface area contributed by atoms with Gasteiger partial charge in [0.15, 0.2) is 6.61 Å². The second kappa shape index (κ2) is 6.73. The maximum Gasteiger partial charge on any atom is 0.488 e. The number of carbonyl (C=O) groups is 2. The first kappa shape index (κ1) is 17.9. The molecule has 0 amide bonds. The van der Waals surface area contributed by atoms with Crippen molar-refractivity contribution in [1.29, 1.82) is 0 Å². The van der Waals surface area contributed by atoms with Gasteiger partial charge in [0.2, 0.25) is 0 Å². The summed E-state index contributed by atoms with van der Waals surface area (Å²) >= 11 is 0. The van der Waals surface area contributed by atoms with E-state index in [1.165, 1.54) is 0 Å². The van der Waals surface area contributed by atoms with Crippen LogP contribution in [0.5, 0.6) is 5.75 Å². The normalized spacial score (nSPS) is 11.6. The molecule has 0 spiro atoms. The summed E-state index contributed by atoms with van der Waals surface area (Å²) in [4.78, 5) is 23.0. The minimum absolute atomic E-state index is 0.0344. The van der Waals surface area contributed by atoms with Gasteiger partial charge in [-0.25, -0.2) is 9.59 Å². The van der Waals surface area contributed by atoms with Gasteiger partial charge in [0.25, 0.3) is 0 Å². The number of halogens is 1. The number of ether oxygens (including phenoxy) is 2. The SMILES string of the molecule is CC(C)(C)OC(=O)COC(=O)c1ccc(OS(=O)(=O)F)cc1. The number of benzene rings is 1. The lowest BCUT2D eigenvalue weighted by Gasteiger charge is -2.19. The molecule has 0 atom stereocenters. The van der Waals surface area contributed by atoms with Gasteiger partial charge in [0, 0.05) is 0 Å². The van der Waals surface area contributed by atoms with Crippen molar-refractivity contribution in [3.63, 3.8) is 0 Å². The molecule has 9 heteroatoms. The summed E-state index contributed by atoms with van der Waals surface area (Å²) in [6, 6.07) is 4.47. The van der Waals surface area contributed by atoms with Crippen LogP contribution in [0.3, 0.4) is 0 Å². The molecule has 0 radical (unpaired) electrons. The summed E-state index contributed by atoms with van der Waals surface area (Å²) < 4.78 is 46.5. The highest BCUT2D eigenvalue weighted by Gasteiger charge is 2.18. The van der Waals surface area contributed by atoms with E-state index in [0.717, 1.165) is 24.3 Å². The Morgan fingerprint density at radius 1 is 1.14 bits per heavy atom. The molecule has 1 aromatic rings. The van der Waals surface area contributed by atoms with Crippen LogP contribution in [-0.4, -0.2) is 32.6 Å². The number of carbonyl (C=O) groups excluding carboxylic acids is 2. The molecule has 0 aliphatic carbocycles. The van der Waals surface area contributed by atoms with Crippen LogP contribution in [0.25, 0.3) is 0 Å². The zero-order valence-electron chi connectivity index (χ0n) is 12.2. The zero-order valence-corrected chi connectivity index (χ0v) is 13.0. The Labute approximate surface area is 127 Å². The molecule has 0 saturated heterocycles. The predicted octanol–water partition coefficient (Wildman–Crippen LogP) is 1.78. The Balaban J connectivity index is 2.58. The van der Waals surface area contributed by atoms with Crippen LogP contribution < -0.4 is 4.18 Å². The molecule has 0 bridgehead atoms. The highest BCUT2D eigenvalue weighted by atomic mass is 32.3. The van der Waals surface area contributed by atoms with Gasteiger partial charge >= 0.3 is 22.4 Å². The lowest BCUT2D eigenvalue weighted by Crippen LogP contribution is -2.27. The van der Waals surface area contributed by atoms with Crippen molar-refractivity contribution in [2.75, 3.05) is 6.61 Å². The van der Waals surface area contributed by atoms with Gasteiger partial charge < -0.3 is 13.7 Å². The standard InChI is InChI=1S/C13H15FO7S/c1-13(2,3)20-11(15)8-19-12(16)9-4-6-10(7-5-9)21-22(14,17)18/h4-7H,8H2,1-3H3. The van der Waals surface area contributed by atoms with E-state index in [-0.39, 0.29) is 11.3 Å². The third-order valence-electron chi connectivity index (χ3n) is 2.03. The van der Waals surface area contributed by atoms with Gasteiger partial charge in [0.1, 0.15) is 11.4 Å². The topological polar surface area (TPSA) is 96.0 Å². The fraction of sp³-hybridized carbons (Fsp3) is 0.385. The van der Waals surface area contributed by atoms with Crippen molar-refractivity contribution >= 4 is 22.4 Å². The molecule has 0 aromatic heterocycles. The second-order valence-electron chi connectivity index (χ2n) is 5.16. The first-order chi connectivity index (χ1) is 9.96. The van der Waals surface area contributed by atoms with Crippen molar-refractivity contribution in [2.24, 2.45) is 0 Å². The second-order valence-corrected chi connectivity index (χ2v) is 6.12. The van der Waals surface area contributed by atoms with Gasteiger partial charge in [0.05, 0.1) is 5.56 Å². The van der Waals surface area contributed by atoms with Crippen molar-refractivity contribution in [2.45, 2.75) is 26.4 Å². The first-order valence-electron chi connectivity index (χ1n) is 6.09. The van der Waals surface area contributed by atoms with Crippen LogP contribution in [0.2, 0.25) is 0 Å². The molecule has 7 nitrogen and oxygen atoms in total. The maximum absolute atomic E-state index is 12.3. The molecule has 0 N–H and O–H groups in total. The number of esters is 2. The lowest BCUT2D eigenvalue weighted by atomic mass is 10.2. The van der Waals surface area contributed by atoms with Crippen molar-refractivity contribution in [3.05, 3.63) is 29.8 Å². The quantitative estimate of drug-likeness (QED) is 0.598. The Morgan fingerprint density at radius 2 is 1.68 bits per heavy atom. The fourth-order valence-electron chi connectivity index (χ4n) is 1.34. The minimum atomic E-state index is -5.13. The summed E-state index contributed by atoms with van der Waals surface area (Å²) in [7, 11) is -5.13. The van der Waals surface area contributed by atoms with E-state index >= 15 is 0 Å². The average molecular weight is 334 g/mol. The molecule has 22 heavy (non-hydrogen) atoms. The molecule has 0 aliphatic rings. The maximum atomic E-state index is 12.3. The molecule has 0 unspecified atom stereocenters. The molecular formula is C13H15FO7S. The Bertz CT molecular complexity index is 644. The largest absolute Gasteiger partial charge is 0.488 e. The Hall–Kier alpha value is -2.16. The van der Waals surface area contributed by atoms with Gasteiger partial charge in [-0.15, -0.1) is 0 Å². The van der Waals surface area contributed by atoms with Crippen LogP contribution in [0, 0.1) is 0 Å². The Morgan fingerprint density at radius 3 is 2.14 bits per heavy atom. The van der Waals surface area contributed by atoms with Crippen LogP contribution in [0.1, 0.15) is 31.1 Å². The monoisotopic (exact) mass is 334 g/mol. The first-order valence-corrected chi connectivity index (χ1v) is 7.40. The number of hydrogen-bond donors (Lipinski definition) is 0. The van der Waals surface area contributed by atoms with E-state index < -0.39 is 34.7 Å². The molecule has 122 valence electrons. The van der Waals surface area contributed by atoms with Crippen molar-refractivity contribution in [3.8, 4) is 5.75 Å². The van der Waals surface area contributed by atoms with E-state index in [2.05, 4.69) is 4.18 Å². The summed E-state index contributed by atoms with van der Waals surface area (Å²) in [6.07, 6.45) is 0. The highest BCUT2D eigenvalue weighted by molar-refractivity contribution is 7.81. The predicted molar refractivity (Wildman–Crippen MR) is 73.2 cm³/mol. The average Bonchev–Trinajstić information content (AvgIpc) is 2.33. The van der Waals surface area contributed by atoms with E-state index in [9.17, 15) is 21.9 Å². The van der Waals surface area contributed by atoms with Crippen molar-refractivity contribution < 1.29 is 35.5 Å². The molecular weight excluding hydrogens is 319 g/mol. The van der Waals surface area contributed by atoms with Crippen LogP contribution in [0.4, 0.5) is 3.89 Å². The third-order valence-corrected chi connectivity index (χ3v) is 2.42. The van der Waals surface area contributed by atoms with E-state index in [4.69, 9.17) is 9.47 Å². The van der Waals surface area contributed by atoms with Crippen LogP contribution in [0.15, 0.2) is 24.3 Å². The minimum Gasteiger partial charge on any atom is -0.457 e. The summed E-state index contributed by atoms with van der Waals surface area (Å²) in [5, 5.41) is 0. The zero-order chi connectivity index (χ0) is 17.0. The fourth-order valence-corrected chi connectivity index (χ4v) is 1.68. The molecule has 1 rings (SSSR count). The van der Waals surface area contributed by atoms with Crippen LogP contribution in [-0.2, 0) is 24.8 Å². The molecule has 0 fully saturated rings. The number of hydrogen-bond acceptors (Lipinski definition) is 7. The summed E-state index contributed by atoms with van der Waals surface area (Å²) in [5.41, 5.74) is -0.660. The van der Waals surface area contributed by atoms with Gasteiger partial charge in [-0.05, 0) is 45.0 Å². The lowest BCUT2D eigenvalue weighted by molar-refractivity contribution is -0.158. The Kier molecular flexibility index (Phi) is 5.48. The summed E-state index contributed by atoms with van der Waals surface area (Å²) in [6.45, 7) is 4.45. The molecule has 0 aliphatic heterocycles. The molecule has 0 heterocycles. The van der Waals surface area contributed by atoms with Gasteiger partial charge in [-0.3, -0.25) is 0 Å². The van der Waals surface area contributed by atoms with Gasteiger partial charge in [-0.2, -0.15) is 8.42 Å². The van der Waals surface area contributed by atoms with Crippen molar-refractivity contribution in [1.82, 2.24) is 0 Å². The third kappa shape index (κ3) is 7.02. The van der Waals surface area contributed by atoms with Crippen LogP contribution >= 0.6 is 0 Å². The van der Waals surface area contributed by atoms with E-state index in [1.54, 1.807) is 20.8 Å². The smallest absolute Gasteiger partial charge is 0.457 e. The van der Waals surface area contributed by atoms with E-state index in [0.29, 0.717) is 0 Å². The summed E-state index contributed by atoms with van der Waals surface area (Å²) in [5.74, 6) is -1.82. The molecule has 0 saturated carbocycles. The highest BCUT2D eigenvalue weighted by Crippen LogP contribution is 2.15.